The van der Waals surface area contributed by atoms with E-state index in [2.05, 4.69) is 23.1 Å². The van der Waals surface area contributed by atoms with Crippen LogP contribution in [0.5, 0.6) is 17.2 Å². The molecule has 3 fully saturated rings. The zero-order chi connectivity index (χ0) is 29.3. The van der Waals surface area contributed by atoms with E-state index in [1.165, 1.54) is 41.3 Å². The molecule has 3 aromatic carbocycles. The lowest BCUT2D eigenvalue weighted by Gasteiger charge is -2.33. The zero-order valence-corrected chi connectivity index (χ0v) is 25.0. The van der Waals surface area contributed by atoms with Crippen molar-refractivity contribution in [2.45, 2.75) is 58.5 Å². The monoisotopic (exact) mass is 581 g/mol. The molecule has 0 radical (unpaired) electrons. The van der Waals surface area contributed by atoms with Gasteiger partial charge in [-0.3, -0.25) is 14.2 Å². The fourth-order valence-corrected chi connectivity index (χ4v) is 9.25. The summed E-state index contributed by atoms with van der Waals surface area (Å²) in [6.45, 7) is 6.23. The molecule has 41 heavy (non-hydrogen) atoms. The highest BCUT2D eigenvalue weighted by atomic mass is 32.2. The Hall–Kier alpha value is -2.88. The highest BCUT2D eigenvalue weighted by molar-refractivity contribution is 7.85. The summed E-state index contributed by atoms with van der Waals surface area (Å²) < 4.78 is 41.6. The Labute approximate surface area is 241 Å². The molecule has 2 saturated carbocycles. The summed E-state index contributed by atoms with van der Waals surface area (Å²) >= 11 is 0. The Bertz CT molecular complexity index is 1650. The third-order valence-electron chi connectivity index (χ3n) is 10.3. The number of benzene rings is 3. The molecule has 0 amide bonds. The van der Waals surface area contributed by atoms with Crippen LogP contribution in [0.4, 0.5) is 0 Å². The molecule has 1 saturated heterocycles. The van der Waals surface area contributed by atoms with Crippen LogP contribution in [0.15, 0.2) is 30.3 Å². The maximum Gasteiger partial charge on any atom is 0.265 e. The predicted molar refractivity (Wildman–Crippen MR) is 158 cm³/mol. The van der Waals surface area contributed by atoms with Crippen molar-refractivity contribution in [1.82, 2.24) is 4.90 Å². The van der Waals surface area contributed by atoms with Crippen molar-refractivity contribution in [1.29, 1.82) is 0 Å². The van der Waals surface area contributed by atoms with Crippen LogP contribution in [0.3, 0.4) is 0 Å². The molecule has 0 aromatic heterocycles. The van der Waals surface area contributed by atoms with E-state index in [4.69, 9.17) is 14.0 Å². The van der Waals surface area contributed by atoms with Gasteiger partial charge in [-0.2, -0.15) is 8.42 Å². The molecule has 2 aliphatic carbocycles. The number of carbonyl (C=O) groups excluding carboxylic acids is 1. The topological polar surface area (TPSA) is 113 Å². The van der Waals surface area contributed by atoms with Gasteiger partial charge in [0.25, 0.3) is 10.1 Å². The number of methoxy groups -OCH3 is 2. The van der Waals surface area contributed by atoms with Crippen molar-refractivity contribution in [3.05, 3.63) is 41.5 Å². The highest BCUT2D eigenvalue weighted by Crippen LogP contribution is 2.58. The molecular formula is C32H39NO7S. The molecule has 7 rings (SSSR count). The van der Waals surface area contributed by atoms with E-state index in [1.807, 2.05) is 19.9 Å². The Morgan fingerprint density at radius 3 is 2.29 bits per heavy atom. The van der Waals surface area contributed by atoms with Gasteiger partial charge in [0, 0.05) is 24.9 Å². The van der Waals surface area contributed by atoms with Crippen LogP contribution in [-0.4, -0.2) is 61.3 Å². The summed E-state index contributed by atoms with van der Waals surface area (Å²) in [4.78, 5) is 14.3. The molecule has 2 aliphatic heterocycles. The number of rotatable bonds is 4. The molecular weight excluding hydrogens is 542 g/mol. The van der Waals surface area contributed by atoms with E-state index in [0.717, 1.165) is 41.7 Å². The number of fused-ring (bicyclic) bond motifs is 9. The first kappa shape index (κ1) is 28.2. The van der Waals surface area contributed by atoms with Gasteiger partial charge in [-0.15, -0.1) is 0 Å². The van der Waals surface area contributed by atoms with Crippen LogP contribution in [0.2, 0.25) is 0 Å². The van der Waals surface area contributed by atoms with Gasteiger partial charge in [-0.05, 0) is 106 Å². The molecule has 220 valence electrons. The molecule has 4 atom stereocenters. The maximum absolute atomic E-state index is 11.7. The summed E-state index contributed by atoms with van der Waals surface area (Å²) in [5.74, 6) is 1.63. The average molecular weight is 582 g/mol. The molecule has 2 heterocycles. The second-order valence-electron chi connectivity index (χ2n) is 12.8. The molecule has 3 aromatic rings. The van der Waals surface area contributed by atoms with Crippen molar-refractivity contribution in [3.63, 3.8) is 0 Å². The lowest BCUT2D eigenvalue weighted by molar-refractivity contribution is -0.123. The normalized spacial score (nSPS) is 26.5. The average Bonchev–Trinajstić information content (AvgIpc) is 3.53. The van der Waals surface area contributed by atoms with Crippen LogP contribution in [0.25, 0.3) is 21.5 Å². The van der Waals surface area contributed by atoms with Gasteiger partial charge >= 0.3 is 0 Å². The Balaban J connectivity index is 0.000000172. The summed E-state index contributed by atoms with van der Waals surface area (Å²) in [6.07, 6.45) is 4.98. The van der Waals surface area contributed by atoms with Crippen molar-refractivity contribution >= 4 is 37.4 Å². The molecule has 9 heteroatoms. The minimum absolute atomic E-state index is 0.0908. The van der Waals surface area contributed by atoms with Crippen LogP contribution in [0.1, 0.15) is 50.7 Å². The van der Waals surface area contributed by atoms with Crippen LogP contribution in [-0.2, 0) is 27.9 Å². The van der Waals surface area contributed by atoms with Crippen molar-refractivity contribution in [2.75, 3.05) is 26.5 Å². The number of aromatic hydroxyl groups is 1. The third-order valence-corrected chi connectivity index (χ3v) is 11.1. The summed E-state index contributed by atoms with van der Waals surface area (Å²) in [7, 11) is -0.609. The lowest BCUT2D eigenvalue weighted by Crippen LogP contribution is -2.35. The van der Waals surface area contributed by atoms with E-state index in [0.29, 0.717) is 24.1 Å². The second kappa shape index (κ2) is 10.1. The van der Waals surface area contributed by atoms with Crippen molar-refractivity contribution in [3.8, 4) is 17.2 Å². The minimum Gasteiger partial charge on any atom is -0.508 e. The van der Waals surface area contributed by atoms with E-state index in [-0.39, 0.29) is 28.8 Å². The first-order valence-corrected chi connectivity index (χ1v) is 16.1. The highest BCUT2D eigenvalue weighted by Gasteiger charge is 2.58. The molecule has 2 bridgehead atoms. The van der Waals surface area contributed by atoms with Gasteiger partial charge < -0.3 is 14.6 Å². The van der Waals surface area contributed by atoms with Gasteiger partial charge in [-0.25, -0.2) is 0 Å². The van der Waals surface area contributed by atoms with Crippen LogP contribution >= 0.6 is 0 Å². The second-order valence-corrected chi connectivity index (χ2v) is 14.3. The van der Waals surface area contributed by atoms with Gasteiger partial charge in [0.2, 0.25) is 0 Å². The Kier molecular flexibility index (Phi) is 6.98. The Morgan fingerprint density at radius 2 is 1.66 bits per heavy atom. The smallest absolute Gasteiger partial charge is 0.265 e. The fourth-order valence-electron chi connectivity index (χ4n) is 8.38. The quantitative estimate of drug-likeness (QED) is 0.313. The van der Waals surface area contributed by atoms with Gasteiger partial charge in [0.05, 0.1) is 20.0 Å². The first-order valence-electron chi connectivity index (χ1n) is 14.4. The molecule has 0 spiro atoms. The molecule has 4 aliphatic rings. The van der Waals surface area contributed by atoms with Crippen molar-refractivity contribution in [2.24, 2.45) is 23.2 Å². The summed E-state index contributed by atoms with van der Waals surface area (Å²) in [6, 6.07) is 10.5. The number of ether oxygens (including phenoxy) is 2. The van der Waals surface area contributed by atoms with Gasteiger partial charge in [0.1, 0.15) is 11.5 Å². The number of Topliss-reactive ketones (excluding diaryl/α,β-unsaturated/α-hetero) is 1. The first-order chi connectivity index (χ1) is 19.4. The number of carbonyl (C=O) groups is 1. The number of phenolic OH excluding ortho intramolecular Hbond substituents is 1. The van der Waals surface area contributed by atoms with Crippen LogP contribution < -0.4 is 9.47 Å². The summed E-state index contributed by atoms with van der Waals surface area (Å²) in [5, 5.41) is 14.8. The van der Waals surface area contributed by atoms with E-state index in [9.17, 15) is 18.3 Å². The van der Waals surface area contributed by atoms with Crippen LogP contribution in [0, 0.1) is 23.2 Å². The zero-order valence-electron chi connectivity index (χ0n) is 24.1. The van der Waals surface area contributed by atoms with E-state index < -0.39 is 10.1 Å². The summed E-state index contributed by atoms with van der Waals surface area (Å²) in [5.41, 5.74) is 2.74. The van der Waals surface area contributed by atoms with Crippen molar-refractivity contribution < 1.29 is 32.3 Å². The van der Waals surface area contributed by atoms with Gasteiger partial charge in [-0.1, -0.05) is 19.9 Å². The minimum atomic E-state index is -3.96. The largest absolute Gasteiger partial charge is 0.508 e. The third kappa shape index (κ3) is 4.85. The van der Waals surface area contributed by atoms with E-state index in [1.54, 1.807) is 20.3 Å². The molecule has 8 nitrogen and oxygen atoms in total. The lowest BCUT2D eigenvalue weighted by atomic mass is 9.80. The number of nitrogens with zero attached hydrogens (tertiary/aromatic N) is 1. The number of ketones is 1. The van der Waals surface area contributed by atoms with Gasteiger partial charge in [0.15, 0.2) is 11.5 Å². The number of phenols is 1. The standard InChI is InChI=1S/C22H23NO3.C10H16O4S/c1-25-21-10-18-16-8-13-4-3-7-23(13)12-20(16)15-6-5-14(24)9-17(15)19(18)11-22(21)26-2;1-10(2)7-3-6(5-15(12,13)14)9(10)8(11)4-7/h5-6,9-11,13,24H,3-4,7-8,12H2,1-2H3;6-7,9H,3-5H2,1-2H3,(H,12,13,14)/t13-;/m0./s1. The number of hydrogen-bond donors (Lipinski definition) is 2. The number of hydrogen-bond acceptors (Lipinski definition) is 7. The Morgan fingerprint density at radius 1 is 0.976 bits per heavy atom. The van der Waals surface area contributed by atoms with E-state index >= 15 is 0 Å². The maximum atomic E-state index is 11.7. The molecule has 3 unspecified atom stereocenters. The molecule has 2 N–H and O–H groups in total. The SMILES string of the molecule is CC1(C)C2CC(=O)C1C(CS(=O)(=O)O)C2.COc1cc2c3c(c4ccc(O)cc4c2cc1OC)CN1CCC[C@H]1C3. The fraction of sp³-hybridized carbons (Fsp3) is 0.531. The predicted octanol–water partition coefficient (Wildman–Crippen LogP) is 5.36.